The first-order valence-corrected chi connectivity index (χ1v) is 6.54. The van der Waals surface area contributed by atoms with Gasteiger partial charge in [0, 0.05) is 18.0 Å². The van der Waals surface area contributed by atoms with Crippen LogP contribution in [0.3, 0.4) is 0 Å². The number of benzene rings is 1. The summed E-state index contributed by atoms with van der Waals surface area (Å²) in [5, 5.41) is 3.48. The van der Waals surface area contributed by atoms with Crippen LogP contribution >= 0.6 is 0 Å². The van der Waals surface area contributed by atoms with Gasteiger partial charge in [0.2, 0.25) is 0 Å². The van der Waals surface area contributed by atoms with Crippen LogP contribution in [0.4, 0.5) is 4.39 Å². The molecule has 0 aliphatic heterocycles. The molecular formula is C15H22FN. The van der Waals surface area contributed by atoms with Crippen molar-refractivity contribution in [2.24, 2.45) is 5.92 Å². The third kappa shape index (κ3) is 2.23. The number of hydrogen-bond donors (Lipinski definition) is 1. The molecule has 0 saturated heterocycles. The standard InChI is InChI=1S/C15H22FN/c1-11(2)17-10-15(9-8-12(15)3)13-6-4-5-7-14(13)16/h4-7,11-12,17H,8-10H2,1-3H3. The predicted octanol–water partition coefficient (Wildman–Crippen LogP) is 3.49. The first-order chi connectivity index (χ1) is 8.06. The fourth-order valence-electron chi connectivity index (χ4n) is 2.79. The van der Waals surface area contributed by atoms with Crippen LogP contribution < -0.4 is 5.32 Å². The largest absolute Gasteiger partial charge is 0.314 e. The summed E-state index contributed by atoms with van der Waals surface area (Å²) in [6.45, 7) is 7.39. The van der Waals surface area contributed by atoms with Gasteiger partial charge in [-0.25, -0.2) is 4.39 Å². The average molecular weight is 235 g/mol. The fourth-order valence-corrected chi connectivity index (χ4v) is 2.79. The van der Waals surface area contributed by atoms with E-state index in [1.165, 1.54) is 6.42 Å². The molecule has 1 N–H and O–H groups in total. The Balaban J connectivity index is 2.26. The van der Waals surface area contributed by atoms with Gasteiger partial charge in [0.25, 0.3) is 0 Å². The molecule has 2 unspecified atom stereocenters. The van der Waals surface area contributed by atoms with E-state index in [-0.39, 0.29) is 11.2 Å². The number of hydrogen-bond acceptors (Lipinski definition) is 1. The van der Waals surface area contributed by atoms with Crippen LogP contribution in [-0.4, -0.2) is 12.6 Å². The van der Waals surface area contributed by atoms with E-state index in [4.69, 9.17) is 0 Å². The van der Waals surface area contributed by atoms with Crippen molar-refractivity contribution in [1.29, 1.82) is 0 Å². The zero-order valence-electron chi connectivity index (χ0n) is 11.0. The van der Waals surface area contributed by atoms with E-state index in [1.54, 1.807) is 12.1 Å². The summed E-state index contributed by atoms with van der Waals surface area (Å²) in [5.41, 5.74) is 0.905. The summed E-state index contributed by atoms with van der Waals surface area (Å²) >= 11 is 0. The Morgan fingerprint density at radius 2 is 2.12 bits per heavy atom. The molecule has 0 aromatic heterocycles. The van der Waals surface area contributed by atoms with Crippen molar-refractivity contribution in [3.8, 4) is 0 Å². The normalized spacial score (nSPS) is 28.2. The molecule has 17 heavy (non-hydrogen) atoms. The lowest BCUT2D eigenvalue weighted by molar-refractivity contribution is 0.126. The van der Waals surface area contributed by atoms with Crippen LogP contribution in [-0.2, 0) is 5.41 Å². The molecule has 1 fully saturated rings. The molecule has 2 atom stereocenters. The Kier molecular flexibility index (Phi) is 3.53. The topological polar surface area (TPSA) is 12.0 Å². The van der Waals surface area contributed by atoms with E-state index < -0.39 is 0 Å². The minimum Gasteiger partial charge on any atom is -0.314 e. The second-order valence-corrected chi connectivity index (χ2v) is 5.61. The highest BCUT2D eigenvalue weighted by atomic mass is 19.1. The van der Waals surface area contributed by atoms with E-state index in [9.17, 15) is 4.39 Å². The highest BCUT2D eigenvalue weighted by molar-refractivity contribution is 5.31. The van der Waals surface area contributed by atoms with Gasteiger partial charge in [0.05, 0.1) is 0 Å². The monoisotopic (exact) mass is 235 g/mol. The molecule has 0 heterocycles. The van der Waals surface area contributed by atoms with Gasteiger partial charge in [-0.05, 0) is 30.4 Å². The lowest BCUT2D eigenvalue weighted by Crippen LogP contribution is -2.51. The fraction of sp³-hybridized carbons (Fsp3) is 0.600. The van der Waals surface area contributed by atoms with Gasteiger partial charge in [-0.3, -0.25) is 0 Å². The quantitative estimate of drug-likeness (QED) is 0.842. The van der Waals surface area contributed by atoms with Crippen molar-refractivity contribution in [2.45, 2.75) is 45.1 Å². The Hall–Kier alpha value is -0.890. The zero-order valence-corrected chi connectivity index (χ0v) is 11.0. The minimum absolute atomic E-state index is 0.00954. The Morgan fingerprint density at radius 1 is 1.41 bits per heavy atom. The van der Waals surface area contributed by atoms with Gasteiger partial charge < -0.3 is 5.32 Å². The molecule has 1 saturated carbocycles. The maximum Gasteiger partial charge on any atom is 0.127 e. The molecule has 1 aromatic rings. The van der Waals surface area contributed by atoms with Crippen molar-refractivity contribution >= 4 is 0 Å². The molecule has 0 amide bonds. The van der Waals surface area contributed by atoms with Crippen LogP contribution in [0.5, 0.6) is 0 Å². The maximum absolute atomic E-state index is 14.0. The predicted molar refractivity (Wildman–Crippen MR) is 69.6 cm³/mol. The highest BCUT2D eigenvalue weighted by Crippen LogP contribution is 2.48. The number of nitrogens with one attached hydrogen (secondary N) is 1. The van der Waals surface area contributed by atoms with Crippen molar-refractivity contribution in [3.05, 3.63) is 35.6 Å². The van der Waals surface area contributed by atoms with Crippen molar-refractivity contribution in [1.82, 2.24) is 5.32 Å². The van der Waals surface area contributed by atoms with Crippen LogP contribution in [0, 0.1) is 11.7 Å². The van der Waals surface area contributed by atoms with Gasteiger partial charge in [0.15, 0.2) is 0 Å². The molecule has 2 heteroatoms. The summed E-state index contributed by atoms with van der Waals surface area (Å²) in [7, 11) is 0. The van der Waals surface area contributed by atoms with Crippen molar-refractivity contribution in [2.75, 3.05) is 6.54 Å². The van der Waals surface area contributed by atoms with E-state index >= 15 is 0 Å². The third-order valence-corrected chi connectivity index (χ3v) is 4.20. The summed E-state index contributed by atoms with van der Waals surface area (Å²) in [6, 6.07) is 7.70. The van der Waals surface area contributed by atoms with Gasteiger partial charge >= 0.3 is 0 Å². The lowest BCUT2D eigenvalue weighted by Gasteiger charge is -2.49. The van der Waals surface area contributed by atoms with Crippen molar-refractivity contribution in [3.63, 3.8) is 0 Å². The highest BCUT2D eigenvalue weighted by Gasteiger charge is 2.46. The third-order valence-electron chi connectivity index (χ3n) is 4.20. The van der Waals surface area contributed by atoms with Crippen LogP contribution in [0.2, 0.25) is 0 Å². The van der Waals surface area contributed by atoms with E-state index in [2.05, 4.69) is 26.1 Å². The molecular weight excluding hydrogens is 213 g/mol. The van der Waals surface area contributed by atoms with Crippen molar-refractivity contribution < 1.29 is 4.39 Å². The lowest BCUT2D eigenvalue weighted by atomic mass is 9.57. The first-order valence-electron chi connectivity index (χ1n) is 6.54. The van der Waals surface area contributed by atoms with Crippen LogP contribution in [0.25, 0.3) is 0 Å². The molecule has 94 valence electrons. The van der Waals surface area contributed by atoms with Gasteiger partial charge in [0.1, 0.15) is 5.82 Å². The Bertz CT molecular complexity index is 388. The smallest absolute Gasteiger partial charge is 0.127 e. The van der Waals surface area contributed by atoms with Gasteiger partial charge in [-0.2, -0.15) is 0 Å². The first kappa shape index (κ1) is 12.6. The molecule has 1 aromatic carbocycles. The summed E-state index contributed by atoms with van der Waals surface area (Å²) in [5.74, 6) is 0.509. The van der Waals surface area contributed by atoms with Crippen LogP contribution in [0.1, 0.15) is 39.2 Å². The minimum atomic E-state index is -0.0513. The molecule has 0 bridgehead atoms. The molecule has 1 aliphatic carbocycles. The second kappa shape index (κ2) is 4.77. The Morgan fingerprint density at radius 3 is 2.59 bits per heavy atom. The zero-order chi connectivity index (χ0) is 12.5. The Labute approximate surface area is 103 Å². The SMILES string of the molecule is CC(C)NCC1(c2ccccc2F)CCC1C. The van der Waals surface area contributed by atoms with E-state index in [1.807, 2.05) is 12.1 Å². The van der Waals surface area contributed by atoms with Gasteiger partial charge in [-0.1, -0.05) is 39.0 Å². The molecule has 2 rings (SSSR count). The number of rotatable bonds is 4. The summed E-state index contributed by atoms with van der Waals surface area (Å²) in [6.07, 6.45) is 2.29. The summed E-state index contributed by atoms with van der Waals surface area (Å²) in [4.78, 5) is 0. The average Bonchev–Trinajstić information content (AvgIpc) is 2.29. The summed E-state index contributed by atoms with van der Waals surface area (Å²) < 4.78 is 14.0. The molecule has 0 spiro atoms. The molecule has 1 nitrogen and oxygen atoms in total. The molecule has 0 radical (unpaired) electrons. The number of halogens is 1. The van der Waals surface area contributed by atoms with E-state index in [0.29, 0.717) is 12.0 Å². The maximum atomic E-state index is 14.0. The van der Waals surface area contributed by atoms with Gasteiger partial charge in [-0.15, -0.1) is 0 Å². The molecule has 1 aliphatic rings. The van der Waals surface area contributed by atoms with E-state index in [0.717, 1.165) is 18.5 Å². The second-order valence-electron chi connectivity index (χ2n) is 5.61. The van der Waals surface area contributed by atoms with Crippen LogP contribution in [0.15, 0.2) is 24.3 Å².